The second-order valence-corrected chi connectivity index (χ2v) is 6.46. The maximum absolute atomic E-state index is 13.4. The molecule has 0 bridgehead atoms. The third-order valence-electron chi connectivity index (χ3n) is 4.33. The van der Waals surface area contributed by atoms with Gasteiger partial charge in [-0.25, -0.2) is 13.8 Å². The van der Waals surface area contributed by atoms with Gasteiger partial charge in [-0.05, 0) is 49.2 Å². The Morgan fingerprint density at radius 2 is 1.93 bits per heavy atom. The highest BCUT2D eigenvalue weighted by Gasteiger charge is 2.26. The highest BCUT2D eigenvalue weighted by molar-refractivity contribution is 6.40. The van der Waals surface area contributed by atoms with Gasteiger partial charge in [0.1, 0.15) is 5.71 Å². The van der Waals surface area contributed by atoms with Crippen molar-refractivity contribution in [1.29, 1.82) is 0 Å². The summed E-state index contributed by atoms with van der Waals surface area (Å²) in [6, 6.07) is 10.2. The van der Waals surface area contributed by atoms with E-state index >= 15 is 0 Å². The zero-order valence-corrected chi connectivity index (χ0v) is 15.0. The average molecular weight is 371 g/mol. The molecule has 2 amide bonds. The molecule has 0 aromatic heterocycles. The van der Waals surface area contributed by atoms with Crippen molar-refractivity contribution < 1.29 is 18.4 Å². The molecule has 1 heterocycles. The number of amides is 2. The molecule has 2 aromatic carbocycles. The predicted molar refractivity (Wildman–Crippen MR) is 98.2 cm³/mol. The summed E-state index contributed by atoms with van der Waals surface area (Å²) in [7, 11) is 0. The number of rotatable bonds is 4. The highest BCUT2D eigenvalue weighted by Crippen LogP contribution is 2.22. The molecule has 0 aliphatic carbocycles. The summed E-state index contributed by atoms with van der Waals surface area (Å²) in [5.41, 5.74) is 2.22. The van der Waals surface area contributed by atoms with Crippen LogP contribution in [-0.2, 0) is 9.59 Å². The first-order valence-electron chi connectivity index (χ1n) is 8.58. The lowest BCUT2D eigenvalue weighted by Crippen LogP contribution is -2.40. The largest absolute Gasteiger partial charge is 0.344 e. The van der Waals surface area contributed by atoms with Gasteiger partial charge in [-0.2, -0.15) is 5.10 Å². The molecule has 2 aromatic rings. The van der Waals surface area contributed by atoms with Crippen molar-refractivity contribution in [2.45, 2.75) is 32.7 Å². The number of halogens is 2. The smallest absolute Gasteiger partial charge is 0.267 e. The van der Waals surface area contributed by atoms with Crippen LogP contribution in [0.2, 0.25) is 0 Å². The molecule has 140 valence electrons. The van der Waals surface area contributed by atoms with Crippen LogP contribution in [0.3, 0.4) is 0 Å². The van der Waals surface area contributed by atoms with Gasteiger partial charge in [0, 0.05) is 12.8 Å². The van der Waals surface area contributed by atoms with Crippen molar-refractivity contribution in [2.75, 3.05) is 5.01 Å². The first-order valence-corrected chi connectivity index (χ1v) is 8.58. The first kappa shape index (κ1) is 18.7. The van der Waals surface area contributed by atoms with E-state index in [4.69, 9.17) is 0 Å². The fourth-order valence-corrected chi connectivity index (χ4v) is 2.82. The van der Waals surface area contributed by atoms with E-state index in [1.54, 1.807) is 13.0 Å². The van der Waals surface area contributed by atoms with Crippen molar-refractivity contribution in [1.82, 2.24) is 5.32 Å². The molecule has 1 unspecified atom stereocenters. The van der Waals surface area contributed by atoms with Crippen LogP contribution in [0, 0.1) is 18.6 Å². The molecular formula is C20H19F2N3O2. The second-order valence-electron chi connectivity index (χ2n) is 6.46. The normalized spacial score (nSPS) is 15.3. The van der Waals surface area contributed by atoms with Gasteiger partial charge in [0.05, 0.1) is 11.7 Å². The number of carbonyl (C=O) groups excluding carboxylic acids is 2. The van der Waals surface area contributed by atoms with Gasteiger partial charge in [-0.15, -0.1) is 0 Å². The Labute approximate surface area is 155 Å². The Morgan fingerprint density at radius 3 is 2.63 bits per heavy atom. The van der Waals surface area contributed by atoms with Crippen molar-refractivity contribution in [3.05, 3.63) is 65.2 Å². The molecular weight excluding hydrogens is 352 g/mol. The van der Waals surface area contributed by atoms with Crippen LogP contribution in [0.25, 0.3) is 0 Å². The molecule has 1 N–H and O–H groups in total. The minimum atomic E-state index is -0.972. The number of nitrogens with one attached hydrogen (secondary N) is 1. The topological polar surface area (TPSA) is 61.8 Å². The summed E-state index contributed by atoms with van der Waals surface area (Å²) >= 11 is 0. The summed E-state index contributed by atoms with van der Waals surface area (Å²) in [4.78, 5) is 24.7. The summed E-state index contributed by atoms with van der Waals surface area (Å²) in [6.07, 6.45) is 0.386. The molecule has 0 saturated carbocycles. The molecule has 7 heteroatoms. The van der Waals surface area contributed by atoms with E-state index in [0.29, 0.717) is 11.3 Å². The molecule has 3 rings (SSSR count). The standard InChI is InChI=1S/C20H19F2N3O2/c1-12-4-3-5-15(10-12)25-19(26)9-8-18(24-25)20(27)23-13(2)14-6-7-16(21)17(22)11-14/h3-7,10-11,13H,8-9H2,1-2H3,(H,23,27). The lowest BCUT2D eigenvalue weighted by atomic mass is 10.1. The van der Waals surface area contributed by atoms with Crippen molar-refractivity contribution in [2.24, 2.45) is 5.10 Å². The van der Waals surface area contributed by atoms with Crippen LogP contribution in [0.1, 0.15) is 36.9 Å². The Morgan fingerprint density at radius 1 is 1.15 bits per heavy atom. The molecule has 1 atom stereocenters. The predicted octanol–water partition coefficient (Wildman–Crippen LogP) is 3.63. The molecule has 5 nitrogen and oxygen atoms in total. The highest BCUT2D eigenvalue weighted by atomic mass is 19.2. The third kappa shape index (κ3) is 4.19. The third-order valence-corrected chi connectivity index (χ3v) is 4.33. The number of hydrazone groups is 1. The molecule has 0 radical (unpaired) electrons. The van der Waals surface area contributed by atoms with Crippen LogP contribution >= 0.6 is 0 Å². The van der Waals surface area contributed by atoms with Gasteiger partial charge >= 0.3 is 0 Å². The Hall–Kier alpha value is -3.09. The molecule has 1 aliphatic heterocycles. The summed E-state index contributed by atoms with van der Waals surface area (Å²) in [6.45, 7) is 3.57. The molecule has 1 aliphatic rings. The summed E-state index contributed by atoms with van der Waals surface area (Å²) in [5.74, 6) is -2.55. The van der Waals surface area contributed by atoms with E-state index in [1.807, 2.05) is 25.1 Å². The number of hydrogen-bond acceptors (Lipinski definition) is 3. The van der Waals surface area contributed by atoms with Crippen molar-refractivity contribution in [3.8, 4) is 0 Å². The van der Waals surface area contributed by atoms with Crippen molar-refractivity contribution in [3.63, 3.8) is 0 Å². The molecule has 27 heavy (non-hydrogen) atoms. The van der Waals surface area contributed by atoms with Crippen LogP contribution < -0.4 is 10.3 Å². The first-order chi connectivity index (χ1) is 12.8. The van der Waals surface area contributed by atoms with Gasteiger partial charge in [0.2, 0.25) is 5.91 Å². The fourth-order valence-electron chi connectivity index (χ4n) is 2.82. The van der Waals surface area contributed by atoms with Gasteiger partial charge in [-0.3, -0.25) is 9.59 Å². The number of nitrogens with zero attached hydrogens (tertiary/aromatic N) is 2. The minimum absolute atomic E-state index is 0.166. The zero-order chi connectivity index (χ0) is 19.6. The van der Waals surface area contributed by atoms with E-state index in [-0.39, 0.29) is 24.5 Å². The van der Waals surface area contributed by atoms with Gasteiger partial charge in [0.15, 0.2) is 11.6 Å². The van der Waals surface area contributed by atoms with Crippen LogP contribution in [0.4, 0.5) is 14.5 Å². The maximum Gasteiger partial charge on any atom is 0.267 e. The van der Waals surface area contributed by atoms with Gasteiger partial charge < -0.3 is 5.32 Å². The zero-order valence-electron chi connectivity index (χ0n) is 15.0. The number of hydrogen-bond donors (Lipinski definition) is 1. The van der Waals surface area contributed by atoms with Crippen LogP contribution in [-0.4, -0.2) is 17.5 Å². The SMILES string of the molecule is Cc1cccc(N2N=C(C(=O)NC(C)c3ccc(F)c(F)c3)CCC2=O)c1. The number of benzene rings is 2. The number of carbonyl (C=O) groups is 2. The molecule has 0 saturated heterocycles. The molecule has 0 fully saturated rings. The fraction of sp³-hybridized carbons (Fsp3) is 0.250. The Bertz CT molecular complexity index is 927. The van der Waals surface area contributed by atoms with Crippen molar-refractivity contribution >= 4 is 23.2 Å². The van der Waals surface area contributed by atoms with E-state index < -0.39 is 23.6 Å². The monoisotopic (exact) mass is 371 g/mol. The second kappa shape index (κ2) is 7.65. The van der Waals surface area contributed by atoms with E-state index in [1.165, 1.54) is 11.1 Å². The Kier molecular flexibility index (Phi) is 5.30. The van der Waals surface area contributed by atoms with Gasteiger partial charge in [0.25, 0.3) is 5.91 Å². The number of aryl methyl sites for hydroxylation is 1. The summed E-state index contributed by atoms with van der Waals surface area (Å²) < 4.78 is 26.5. The lowest BCUT2D eigenvalue weighted by Gasteiger charge is -2.24. The average Bonchev–Trinajstić information content (AvgIpc) is 2.64. The van der Waals surface area contributed by atoms with Crippen LogP contribution in [0.15, 0.2) is 47.6 Å². The van der Waals surface area contributed by atoms with E-state index in [2.05, 4.69) is 10.4 Å². The minimum Gasteiger partial charge on any atom is -0.344 e. The number of anilines is 1. The van der Waals surface area contributed by atoms with Gasteiger partial charge in [-0.1, -0.05) is 18.2 Å². The summed E-state index contributed by atoms with van der Waals surface area (Å²) in [5, 5.41) is 8.15. The van der Waals surface area contributed by atoms with E-state index in [0.717, 1.165) is 17.7 Å². The quantitative estimate of drug-likeness (QED) is 0.892. The Balaban J connectivity index is 1.78. The van der Waals surface area contributed by atoms with Crippen LogP contribution in [0.5, 0.6) is 0 Å². The maximum atomic E-state index is 13.4. The molecule has 0 spiro atoms. The van der Waals surface area contributed by atoms with E-state index in [9.17, 15) is 18.4 Å². The lowest BCUT2D eigenvalue weighted by molar-refractivity contribution is -0.119.